The van der Waals surface area contributed by atoms with Gasteiger partial charge in [-0.15, -0.1) is 0 Å². The van der Waals surface area contributed by atoms with Crippen LogP contribution in [0.5, 0.6) is 0 Å². The predicted molar refractivity (Wildman–Crippen MR) is 114 cm³/mol. The average Bonchev–Trinajstić information content (AvgIpc) is 2.77. The first-order valence-electron chi connectivity index (χ1n) is 10.0. The molecule has 152 valence electrons. The average molecular weight is 392 g/mol. The molecule has 1 aliphatic rings. The fourth-order valence-electron chi connectivity index (χ4n) is 3.55. The van der Waals surface area contributed by atoms with E-state index in [1.165, 1.54) is 0 Å². The smallest absolute Gasteiger partial charge is 0.246 e. The van der Waals surface area contributed by atoms with Crippen LogP contribution in [0.3, 0.4) is 0 Å². The molecule has 2 aromatic carbocycles. The van der Waals surface area contributed by atoms with E-state index in [0.29, 0.717) is 39.1 Å². The highest BCUT2D eigenvalue weighted by Crippen LogP contribution is 2.18. The van der Waals surface area contributed by atoms with E-state index in [4.69, 9.17) is 4.74 Å². The molecule has 0 unspecified atom stereocenters. The molecule has 5 nitrogen and oxygen atoms in total. The van der Waals surface area contributed by atoms with Gasteiger partial charge in [0.05, 0.1) is 6.61 Å². The van der Waals surface area contributed by atoms with Gasteiger partial charge in [-0.3, -0.25) is 9.59 Å². The Balaban J connectivity index is 1.46. The van der Waals surface area contributed by atoms with Crippen molar-refractivity contribution in [3.63, 3.8) is 0 Å². The van der Waals surface area contributed by atoms with Crippen LogP contribution in [-0.4, -0.2) is 36.9 Å². The van der Waals surface area contributed by atoms with Crippen LogP contribution in [0, 0.1) is 5.92 Å². The van der Waals surface area contributed by atoms with Gasteiger partial charge in [0, 0.05) is 38.7 Å². The topological polar surface area (TPSA) is 58.6 Å². The Morgan fingerprint density at radius 3 is 2.38 bits per heavy atom. The number of likely N-dealkylation sites (tertiary alicyclic amines) is 1. The van der Waals surface area contributed by atoms with E-state index in [1.54, 1.807) is 13.2 Å². The number of piperidine rings is 1. The summed E-state index contributed by atoms with van der Waals surface area (Å²) in [6.07, 6.45) is 4.83. The van der Waals surface area contributed by atoms with Crippen molar-refractivity contribution in [2.75, 3.05) is 20.2 Å². The normalized spacial score (nSPS) is 14.9. The zero-order valence-electron chi connectivity index (χ0n) is 16.8. The number of nitrogens with one attached hydrogen (secondary N) is 1. The quantitative estimate of drug-likeness (QED) is 0.735. The summed E-state index contributed by atoms with van der Waals surface area (Å²) in [6, 6.07) is 17.7. The van der Waals surface area contributed by atoms with E-state index < -0.39 is 0 Å². The minimum absolute atomic E-state index is 0.00112. The van der Waals surface area contributed by atoms with Gasteiger partial charge in [0.2, 0.25) is 11.8 Å². The zero-order valence-corrected chi connectivity index (χ0v) is 16.8. The lowest BCUT2D eigenvalue weighted by Gasteiger charge is -2.30. The highest BCUT2D eigenvalue weighted by atomic mass is 16.5. The number of rotatable bonds is 7. The Morgan fingerprint density at radius 2 is 1.69 bits per heavy atom. The van der Waals surface area contributed by atoms with Gasteiger partial charge in [-0.1, -0.05) is 54.6 Å². The van der Waals surface area contributed by atoms with Crippen molar-refractivity contribution < 1.29 is 14.3 Å². The van der Waals surface area contributed by atoms with Crippen molar-refractivity contribution in [1.29, 1.82) is 0 Å². The number of hydrogen-bond acceptors (Lipinski definition) is 3. The summed E-state index contributed by atoms with van der Waals surface area (Å²) in [4.78, 5) is 26.8. The van der Waals surface area contributed by atoms with Crippen LogP contribution >= 0.6 is 0 Å². The molecule has 0 aliphatic carbocycles. The lowest BCUT2D eigenvalue weighted by atomic mass is 9.95. The number of hydrogen-bond donors (Lipinski definition) is 1. The third kappa shape index (κ3) is 6.03. The van der Waals surface area contributed by atoms with Crippen LogP contribution in [0.15, 0.2) is 60.7 Å². The number of carbonyl (C=O) groups excluding carboxylic acids is 2. The van der Waals surface area contributed by atoms with Gasteiger partial charge in [0.15, 0.2) is 0 Å². The molecule has 0 radical (unpaired) electrons. The summed E-state index contributed by atoms with van der Waals surface area (Å²) in [7, 11) is 1.67. The summed E-state index contributed by atoms with van der Waals surface area (Å²) in [6.45, 7) is 2.24. The van der Waals surface area contributed by atoms with Crippen LogP contribution in [-0.2, 0) is 27.5 Å². The Kier molecular flexibility index (Phi) is 7.59. The standard InChI is InChI=1S/C24H28N2O3/c1-29-18-22-10-6-5-9-21(22)17-25-24(28)20-13-15-26(16-14-20)23(27)12-11-19-7-3-2-4-8-19/h2-12,20H,13-18H2,1H3,(H,25,28)/b12-11+. The van der Waals surface area contributed by atoms with Crippen LogP contribution in [0.25, 0.3) is 6.08 Å². The number of nitrogens with zero attached hydrogens (tertiary/aromatic N) is 1. The molecule has 29 heavy (non-hydrogen) atoms. The first-order chi connectivity index (χ1) is 14.2. The molecule has 0 saturated carbocycles. The van der Waals surface area contributed by atoms with Crippen molar-refractivity contribution in [1.82, 2.24) is 10.2 Å². The third-order valence-corrected chi connectivity index (χ3v) is 5.27. The van der Waals surface area contributed by atoms with E-state index >= 15 is 0 Å². The SMILES string of the molecule is COCc1ccccc1CNC(=O)C1CCN(C(=O)/C=C/c2ccccc2)CC1. The number of methoxy groups -OCH3 is 1. The Morgan fingerprint density at radius 1 is 1.03 bits per heavy atom. The highest BCUT2D eigenvalue weighted by molar-refractivity contribution is 5.92. The molecule has 1 N–H and O–H groups in total. The van der Waals surface area contributed by atoms with Gasteiger partial charge in [-0.2, -0.15) is 0 Å². The van der Waals surface area contributed by atoms with E-state index in [1.807, 2.05) is 65.6 Å². The molecular weight excluding hydrogens is 364 g/mol. The van der Waals surface area contributed by atoms with Gasteiger partial charge in [-0.25, -0.2) is 0 Å². The van der Waals surface area contributed by atoms with Crippen LogP contribution in [0.1, 0.15) is 29.5 Å². The molecule has 1 aliphatic heterocycles. The lowest BCUT2D eigenvalue weighted by molar-refractivity contribution is -0.132. The van der Waals surface area contributed by atoms with Crippen LogP contribution in [0.2, 0.25) is 0 Å². The Bertz CT molecular complexity index is 840. The van der Waals surface area contributed by atoms with Gasteiger partial charge < -0.3 is 15.0 Å². The number of amides is 2. The van der Waals surface area contributed by atoms with E-state index in [9.17, 15) is 9.59 Å². The second kappa shape index (κ2) is 10.6. The van der Waals surface area contributed by atoms with Crippen molar-refractivity contribution in [2.45, 2.75) is 26.0 Å². The predicted octanol–water partition coefficient (Wildman–Crippen LogP) is 3.40. The highest BCUT2D eigenvalue weighted by Gasteiger charge is 2.26. The first kappa shape index (κ1) is 20.8. The van der Waals surface area contributed by atoms with Crippen molar-refractivity contribution >= 4 is 17.9 Å². The minimum Gasteiger partial charge on any atom is -0.380 e. The van der Waals surface area contributed by atoms with Crippen molar-refractivity contribution in [3.05, 3.63) is 77.4 Å². The fraction of sp³-hybridized carbons (Fsp3) is 0.333. The van der Waals surface area contributed by atoms with E-state index in [-0.39, 0.29) is 17.7 Å². The summed E-state index contributed by atoms with van der Waals surface area (Å²) in [5.41, 5.74) is 3.16. The van der Waals surface area contributed by atoms with Crippen molar-refractivity contribution in [3.8, 4) is 0 Å². The molecule has 0 bridgehead atoms. The number of ether oxygens (including phenoxy) is 1. The van der Waals surface area contributed by atoms with E-state index in [2.05, 4.69) is 5.32 Å². The molecule has 1 saturated heterocycles. The van der Waals surface area contributed by atoms with Gasteiger partial charge in [0.25, 0.3) is 0 Å². The van der Waals surface area contributed by atoms with E-state index in [0.717, 1.165) is 16.7 Å². The fourth-order valence-corrected chi connectivity index (χ4v) is 3.55. The molecule has 3 rings (SSSR count). The molecule has 2 amide bonds. The van der Waals surface area contributed by atoms with Crippen LogP contribution in [0.4, 0.5) is 0 Å². The molecule has 2 aromatic rings. The van der Waals surface area contributed by atoms with Crippen LogP contribution < -0.4 is 5.32 Å². The second-order valence-electron chi connectivity index (χ2n) is 7.26. The largest absolute Gasteiger partial charge is 0.380 e. The zero-order chi connectivity index (χ0) is 20.5. The van der Waals surface area contributed by atoms with Gasteiger partial charge in [-0.05, 0) is 35.6 Å². The molecular formula is C24H28N2O3. The third-order valence-electron chi connectivity index (χ3n) is 5.27. The first-order valence-corrected chi connectivity index (χ1v) is 10.0. The molecule has 0 atom stereocenters. The molecule has 0 aromatic heterocycles. The molecule has 0 spiro atoms. The summed E-state index contributed by atoms with van der Waals surface area (Å²) < 4.78 is 5.22. The molecule has 1 fully saturated rings. The molecule has 1 heterocycles. The van der Waals surface area contributed by atoms with Crippen molar-refractivity contribution in [2.24, 2.45) is 5.92 Å². The second-order valence-corrected chi connectivity index (χ2v) is 7.26. The summed E-state index contributed by atoms with van der Waals surface area (Å²) in [5.74, 6) is 0.0112. The maximum Gasteiger partial charge on any atom is 0.246 e. The number of carbonyl (C=O) groups is 2. The maximum atomic E-state index is 12.6. The minimum atomic E-state index is -0.0493. The summed E-state index contributed by atoms with van der Waals surface area (Å²) in [5, 5.41) is 3.05. The Hall–Kier alpha value is -2.92. The Labute approximate surface area is 172 Å². The summed E-state index contributed by atoms with van der Waals surface area (Å²) >= 11 is 0. The van der Waals surface area contributed by atoms with Gasteiger partial charge >= 0.3 is 0 Å². The number of benzene rings is 2. The monoisotopic (exact) mass is 392 g/mol. The maximum absolute atomic E-state index is 12.6. The lowest BCUT2D eigenvalue weighted by Crippen LogP contribution is -2.42. The molecule has 5 heteroatoms. The van der Waals surface area contributed by atoms with Gasteiger partial charge in [0.1, 0.15) is 0 Å².